The Kier molecular flexibility index (Phi) is 3.93. The van der Waals surface area contributed by atoms with E-state index in [1.54, 1.807) is 6.26 Å². The van der Waals surface area contributed by atoms with Crippen molar-refractivity contribution in [1.29, 1.82) is 0 Å². The van der Waals surface area contributed by atoms with Gasteiger partial charge >= 0.3 is 5.97 Å². The largest absolute Gasteiger partial charge is 0.480 e. The Morgan fingerprint density at radius 1 is 1.44 bits per heavy atom. The third-order valence-electron chi connectivity index (χ3n) is 2.29. The number of aliphatic carboxylic acids is 1. The Balaban J connectivity index is 0.00000128. The van der Waals surface area contributed by atoms with E-state index < -0.39 is 12.0 Å². The normalized spacial score (nSPS) is 12.1. The van der Waals surface area contributed by atoms with Gasteiger partial charge in [0.15, 0.2) is 0 Å². The Morgan fingerprint density at radius 3 is 2.88 bits per heavy atom. The van der Waals surface area contributed by atoms with E-state index in [1.165, 1.54) is 0 Å². The third kappa shape index (κ3) is 2.53. The van der Waals surface area contributed by atoms with Gasteiger partial charge in [0.25, 0.3) is 0 Å². The highest BCUT2D eigenvalue weighted by Gasteiger charge is 2.12. The van der Waals surface area contributed by atoms with Gasteiger partial charge in [0.1, 0.15) is 11.6 Å². The lowest BCUT2D eigenvalue weighted by Crippen LogP contribution is -2.32. The molecule has 2 rings (SSSR count). The van der Waals surface area contributed by atoms with Gasteiger partial charge in [0, 0.05) is 5.39 Å². The molecule has 0 saturated carbocycles. The summed E-state index contributed by atoms with van der Waals surface area (Å²) in [6.07, 6.45) is 1.93. The molecule has 0 amide bonds. The van der Waals surface area contributed by atoms with Crippen molar-refractivity contribution in [2.75, 3.05) is 0 Å². The first-order valence-electron chi connectivity index (χ1n) is 4.61. The van der Waals surface area contributed by atoms with Crippen LogP contribution in [0.15, 0.2) is 34.9 Å². The van der Waals surface area contributed by atoms with Gasteiger partial charge in [0.05, 0.1) is 6.26 Å². The predicted molar refractivity (Wildman–Crippen MR) is 62.8 cm³/mol. The lowest BCUT2D eigenvalue weighted by Gasteiger charge is -2.05. The maximum atomic E-state index is 10.6. The van der Waals surface area contributed by atoms with E-state index in [4.69, 9.17) is 15.3 Å². The number of carboxylic acids is 1. The number of furan rings is 1. The van der Waals surface area contributed by atoms with Crippen LogP contribution in [0.2, 0.25) is 0 Å². The summed E-state index contributed by atoms with van der Waals surface area (Å²) in [5.74, 6) is -0.984. The number of fused-ring (bicyclic) bond motifs is 1. The summed E-state index contributed by atoms with van der Waals surface area (Å²) in [4.78, 5) is 10.6. The lowest BCUT2D eigenvalue weighted by atomic mass is 10.1. The van der Waals surface area contributed by atoms with Crippen molar-refractivity contribution in [2.45, 2.75) is 12.5 Å². The second-order valence-electron chi connectivity index (χ2n) is 3.44. The minimum absolute atomic E-state index is 0. The van der Waals surface area contributed by atoms with E-state index in [2.05, 4.69) is 0 Å². The van der Waals surface area contributed by atoms with Gasteiger partial charge in [-0.15, -0.1) is 12.4 Å². The number of carbonyl (C=O) groups is 1. The molecule has 16 heavy (non-hydrogen) atoms. The summed E-state index contributed by atoms with van der Waals surface area (Å²) in [6, 6.07) is 6.52. The van der Waals surface area contributed by atoms with Crippen LogP contribution in [0.4, 0.5) is 0 Å². The molecule has 0 aliphatic rings. The fourth-order valence-corrected chi connectivity index (χ4v) is 1.48. The van der Waals surface area contributed by atoms with Gasteiger partial charge in [-0.1, -0.05) is 6.07 Å². The molecule has 0 aliphatic carbocycles. The van der Waals surface area contributed by atoms with Crippen molar-refractivity contribution < 1.29 is 14.3 Å². The average molecular weight is 242 g/mol. The van der Waals surface area contributed by atoms with Gasteiger partial charge in [-0.3, -0.25) is 4.79 Å². The summed E-state index contributed by atoms with van der Waals surface area (Å²) in [5.41, 5.74) is 7.14. The molecule has 0 fully saturated rings. The number of halogens is 1. The van der Waals surface area contributed by atoms with E-state index in [0.29, 0.717) is 6.42 Å². The molecule has 4 nitrogen and oxygen atoms in total. The number of carboxylic acid groups (broad SMARTS) is 1. The van der Waals surface area contributed by atoms with Crippen LogP contribution < -0.4 is 5.73 Å². The van der Waals surface area contributed by atoms with Gasteiger partial charge < -0.3 is 15.3 Å². The van der Waals surface area contributed by atoms with Crippen LogP contribution in [0.1, 0.15) is 5.56 Å². The van der Waals surface area contributed by atoms with Crippen molar-refractivity contribution in [1.82, 2.24) is 0 Å². The van der Waals surface area contributed by atoms with Crippen LogP contribution in [-0.2, 0) is 11.2 Å². The quantitative estimate of drug-likeness (QED) is 0.859. The topological polar surface area (TPSA) is 76.5 Å². The molecule has 1 aromatic heterocycles. The van der Waals surface area contributed by atoms with Crippen molar-refractivity contribution >= 4 is 29.3 Å². The van der Waals surface area contributed by atoms with Gasteiger partial charge in [-0.25, -0.2) is 0 Å². The number of hydrogen-bond acceptors (Lipinski definition) is 3. The van der Waals surface area contributed by atoms with Crippen LogP contribution >= 0.6 is 12.4 Å². The molecule has 0 spiro atoms. The van der Waals surface area contributed by atoms with Crippen molar-refractivity contribution in [3.8, 4) is 0 Å². The molecule has 0 aliphatic heterocycles. The average Bonchev–Trinajstić information content (AvgIpc) is 2.64. The Bertz CT molecular complexity index is 495. The number of hydrogen-bond donors (Lipinski definition) is 2. The van der Waals surface area contributed by atoms with Crippen LogP contribution in [0.5, 0.6) is 0 Å². The maximum absolute atomic E-state index is 10.6. The van der Waals surface area contributed by atoms with Crippen molar-refractivity contribution in [3.63, 3.8) is 0 Å². The molecule has 86 valence electrons. The highest BCUT2D eigenvalue weighted by molar-refractivity contribution is 5.85. The molecular formula is C11H12ClNO3. The van der Waals surface area contributed by atoms with E-state index in [9.17, 15) is 4.79 Å². The summed E-state index contributed by atoms with van der Waals surface area (Å²) in [5, 5.41) is 9.64. The first-order chi connectivity index (χ1) is 7.16. The number of nitrogens with two attached hydrogens (primary N) is 1. The molecule has 1 atom stereocenters. The molecule has 3 N–H and O–H groups in total. The Morgan fingerprint density at radius 2 is 2.19 bits per heavy atom. The van der Waals surface area contributed by atoms with Gasteiger partial charge in [-0.05, 0) is 30.2 Å². The molecule has 0 radical (unpaired) electrons. The van der Waals surface area contributed by atoms with Gasteiger partial charge in [0.2, 0.25) is 0 Å². The highest BCUT2D eigenvalue weighted by atomic mass is 35.5. The van der Waals surface area contributed by atoms with E-state index >= 15 is 0 Å². The standard InChI is InChI=1S/C11H11NO3.ClH/c12-9(11(13)14)6-7-1-2-10-8(5-7)3-4-15-10;/h1-5,9H,6,12H2,(H,13,14);1H/t9-;/m1./s1. The first-order valence-corrected chi connectivity index (χ1v) is 4.61. The molecule has 1 heterocycles. The Labute approximate surface area is 98.5 Å². The summed E-state index contributed by atoms with van der Waals surface area (Å²) in [6.45, 7) is 0. The minimum atomic E-state index is -0.984. The monoisotopic (exact) mass is 241 g/mol. The molecule has 0 bridgehead atoms. The van der Waals surface area contributed by atoms with Crippen LogP contribution in [0.3, 0.4) is 0 Å². The van der Waals surface area contributed by atoms with Crippen LogP contribution in [0.25, 0.3) is 11.0 Å². The lowest BCUT2D eigenvalue weighted by molar-refractivity contribution is -0.138. The minimum Gasteiger partial charge on any atom is -0.480 e. The van der Waals surface area contributed by atoms with Crippen LogP contribution in [-0.4, -0.2) is 17.1 Å². The molecule has 0 unspecified atom stereocenters. The zero-order valence-electron chi connectivity index (χ0n) is 8.42. The summed E-state index contributed by atoms with van der Waals surface area (Å²) >= 11 is 0. The SMILES string of the molecule is Cl.N[C@H](Cc1ccc2occc2c1)C(=O)O. The third-order valence-corrected chi connectivity index (χ3v) is 2.29. The molecule has 0 saturated heterocycles. The van der Waals surface area contributed by atoms with Crippen molar-refractivity contribution in [2.24, 2.45) is 5.73 Å². The fourth-order valence-electron chi connectivity index (χ4n) is 1.48. The maximum Gasteiger partial charge on any atom is 0.320 e. The first kappa shape index (κ1) is 12.5. The van der Waals surface area contributed by atoms with Gasteiger partial charge in [-0.2, -0.15) is 0 Å². The second kappa shape index (κ2) is 5.01. The summed E-state index contributed by atoms with van der Waals surface area (Å²) in [7, 11) is 0. The fraction of sp³-hybridized carbons (Fsp3) is 0.182. The number of benzene rings is 1. The smallest absolute Gasteiger partial charge is 0.320 e. The number of rotatable bonds is 3. The zero-order chi connectivity index (χ0) is 10.8. The molecular weight excluding hydrogens is 230 g/mol. The van der Waals surface area contributed by atoms with Crippen LogP contribution in [0, 0.1) is 0 Å². The molecule has 5 heteroatoms. The second-order valence-corrected chi connectivity index (χ2v) is 3.44. The van der Waals surface area contributed by atoms with E-state index in [-0.39, 0.29) is 12.4 Å². The Hall–Kier alpha value is -1.52. The highest BCUT2D eigenvalue weighted by Crippen LogP contribution is 2.17. The zero-order valence-corrected chi connectivity index (χ0v) is 9.24. The van der Waals surface area contributed by atoms with E-state index in [1.807, 2.05) is 24.3 Å². The predicted octanol–water partition coefficient (Wildman–Crippen LogP) is 1.81. The van der Waals surface area contributed by atoms with Crippen molar-refractivity contribution in [3.05, 3.63) is 36.1 Å². The summed E-state index contributed by atoms with van der Waals surface area (Å²) < 4.78 is 5.18. The van der Waals surface area contributed by atoms with E-state index in [0.717, 1.165) is 16.5 Å². The molecule has 1 aromatic carbocycles. The molecule has 2 aromatic rings.